The summed E-state index contributed by atoms with van der Waals surface area (Å²) in [4.78, 5) is 22.2. The Hall–Kier alpha value is -0.910. The van der Waals surface area contributed by atoms with Gasteiger partial charge in [0.2, 0.25) is 0 Å². The monoisotopic (exact) mass is 233 g/mol. The maximum atomic E-state index is 11.4. The lowest BCUT2D eigenvalue weighted by molar-refractivity contribution is -0.138. The number of hydrogen-bond donors (Lipinski definition) is 2. The number of rotatable bonds is 4. The molecule has 0 amide bonds. The number of carbonyl (C=O) groups is 2. The number of nitrogens with two attached hydrogens (primary N) is 1. The molecule has 0 aromatic carbocycles. The fourth-order valence-corrected chi connectivity index (χ4v) is 1.84. The fourth-order valence-electron chi connectivity index (χ4n) is 0.852. The first kappa shape index (κ1) is 11.2. The Labute approximate surface area is 89.3 Å². The molecule has 1 heterocycles. The van der Waals surface area contributed by atoms with Crippen LogP contribution < -0.4 is 5.73 Å². The van der Waals surface area contributed by atoms with E-state index in [-0.39, 0.29) is 12.2 Å². The van der Waals surface area contributed by atoms with Crippen molar-refractivity contribution in [3.63, 3.8) is 0 Å². The van der Waals surface area contributed by atoms with E-state index in [0.29, 0.717) is 9.21 Å². The van der Waals surface area contributed by atoms with Gasteiger partial charge in [-0.1, -0.05) is 11.6 Å². The molecular formula is C8H8ClNO3S. The number of aliphatic carboxylic acids is 1. The van der Waals surface area contributed by atoms with Crippen LogP contribution in [0.25, 0.3) is 0 Å². The first-order chi connectivity index (χ1) is 6.50. The summed E-state index contributed by atoms with van der Waals surface area (Å²) in [7, 11) is 0. The van der Waals surface area contributed by atoms with Crippen LogP contribution in [0.15, 0.2) is 12.1 Å². The Bertz CT molecular complexity index is 363. The van der Waals surface area contributed by atoms with Gasteiger partial charge in [0.1, 0.15) is 6.04 Å². The molecule has 0 spiro atoms. The summed E-state index contributed by atoms with van der Waals surface area (Å²) in [5.41, 5.74) is 5.21. The van der Waals surface area contributed by atoms with Gasteiger partial charge in [-0.3, -0.25) is 9.59 Å². The normalized spacial score (nSPS) is 12.4. The van der Waals surface area contributed by atoms with Crippen LogP contribution in [0.3, 0.4) is 0 Å². The van der Waals surface area contributed by atoms with Crippen LogP contribution >= 0.6 is 22.9 Å². The van der Waals surface area contributed by atoms with E-state index in [0.717, 1.165) is 11.3 Å². The molecule has 0 aliphatic heterocycles. The second kappa shape index (κ2) is 4.54. The fraction of sp³-hybridized carbons (Fsp3) is 0.250. The molecule has 76 valence electrons. The summed E-state index contributed by atoms with van der Waals surface area (Å²) in [5.74, 6) is -1.47. The van der Waals surface area contributed by atoms with Gasteiger partial charge in [-0.25, -0.2) is 0 Å². The van der Waals surface area contributed by atoms with E-state index in [1.165, 1.54) is 0 Å². The molecule has 3 N–H and O–H groups in total. The Balaban J connectivity index is 2.63. The summed E-state index contributed by atoms with van der Waals surface area (Å²) in [6.07, 6.45) is -0.202. The van der Waals surface area contributed by atoms with E-state index in [1.807, 2.05) is 0 Å². The zero-order valence-corrected chi connectivity index (χ0v) is 8.64. The van der Waals surface area contributed by atoms with Gasteiger partial charge >= 0.3 is 5.97 Å². The predicted octanol–water partition coefficient (Wildman–Crippen LogP) is 1.39. The number of halogens is 1. The average Bonchev–Trinajstić information content (AvgIpc) is 2.51. The van der Waals surface area contributed by atoms with Crippen LogP contribution in [0.4, 0.5) is 0 Å². The second-order valence-corrected chi connectivity index (χ2v) is 4.39. The molecule has 4 nitrogen and oxygen atoms in total. The third-order valence-corrected chi connectivity index (χ3v) is 2.84. The molecule has 0 aliphatic carbocycles. The van der Waals surface area contributed by atoms with E-state index in [2.05, 4.69) is 0 Å². The van der Waals surface area contributed by atoms with Crippen LogP contribution in [0.5, 0.6) is 0 Å². The van der Waals surface area contributed by atoms with E-state index >= 15 is 0 Å². The predicted molar refractivity (Wildman–Crippen MR) is 53.9 cm³/mol. The second-order valence-electron chi connectivity index (χ2n) is 2.68. The number of hydrogen-bond acceptors (Lipinski definition) is 4. The third kappa shape index (κ3) is 2.80. The summed E-state index contributed by atoms with van der Waals surface area (Å²) < 4.78 is 0.497. The molecule has 1 atom stereocenters. The first-order valence-electron chi connectivity index (χ1n) is 3.77. The van der Waals surface area contributed by atoms with E-state index in [4.69, 9.17) is 22.4 Å². The molecule has 1 aromatic heterocycles. The number of carbonyl (C=O) groups excluding carboxylic acids is 1. The van der Waals surface area contributed by atoms with Gasteiger partial charge in [0.15, 0.2) is 5.78 Å². The van der Waals surface area contributed by atoms with Crippen molar-refractivity contribution in [1.82, 2.24) is 0 Å². The topological polar surface area (TPSA) is 80.4 Å². The third-order valence-electron chi connectivity index (χ3n) is 1.57. The molecule has 0 saturated heterocycles. The lowest BCUT2D eigenvalue weighted by Gasteiger charge is -2.02. The lowest BCUT2D eigenvalue weighted by atomic mass is 10.1. The van der Waals surface area contributed by atoms with Crippen molar-refractivity contribution in [3.05, 3.63) is 21.3 Å². The summed E-state index contributed by atoms with van der Waals surface area (Å²) in [6, 6.07) is 2.00. The van der Waals surface area contributed by atoms with Gasteiger partial charge in [0.25, 0.3) is 0 Å². The minimum absolute atomic E-state index is 0.202. The molecule has 6 heteroatoms. The largest absolute Gasteiger partial charge is 0.480 e. The van der Waals surface area contributed by atoms with Crippen molar-refractivity contribution < 1.29 is 14.7 Å². The van der Waals surface area contributed by atoms with Crippen molar-refractivity contribution in [2.45, 2.75) is 12.5 Å². The highest BCUT2D eigenvalue weighted by Crippen LogP contribution is 2.22. The number of thiophene rings is 1. The molecule has 0 fully saturated rings. The standard InChI is InChI=1S/C8H8ClNO3S/c9-7-2-1-6(14-7)5(11)3-4(10)8(12)13/h1-2,4H,3,10H2,(H,12,13)/t4-/m0/s1. The maximum absolute atomic E-state index is 11.4. The molecule has 0 unspecified atom stereocenters. The zero-order chi connectivity index (χ0) is 10.7. The van der Waals surface area contributed by atoms with Gasteiger partial charge in [-0.05, 0) is 12.1 Å². The molecule has 0 bridgehead atoms. The highest BCUT2D eigenvalue weighted by atomic mass is 35.5. The number of Topliss-reactive ketones (excluding diaryl/α,β-unsaturated/α-hetero) is 1. The van der Waals surface area contributed by atoms with Gasteiger partial charge in [-0.2, -0.15) is 0 Å². The minimum Gasteiger partial charge on any atom is -0.480 e. The molecule has 1 aromatic rings. The van der Waals surface area contributed by atoms with E-state index in [1.54, 1.807) is 12.1 Å². The van der Waals surface area contributed by atoms with E-state index in [9.17, 15) is 9.59 Å². The van der Waals surface area contributed by atoms with Crippen molar-refractivity contribution in [2.24, 2.45) is 5.73 Å². The summed E-state index contributed by atoms with van der Waals surface area (Å²) >= 11 is 6.74. The number of ketones is 1. The summed E-state index contributed by atoms with van der Waals surface area (Å²) in [6.45, 7) is 0. The smallest absolute Gasteiger partial charge is 0.320 e. The molecular weight excluding hydrogens is 226 g/mol. The van der Waals surface area contributed by atoms with Gasteiger partial charge < -0.3 is 10.8 Å². The van der Waals surface area contributed by atoms with Crippen LogP contribution in [-0.2, 0) is 4.79 Å². The Morgan fingerprint density at radius 2 is 2.21 bits per heavy atom. The Morgan fingerprint density at radius 1 is 1.57 bits per heavy atom. The first-order valence-corrected chi connectivity index (χ1v) is 4.97. The summed E-state index contributed by atoms with van der Waals surface area (Å²) in [5, 5.41) is 8.48. The molecule has 0 aliphatic rings. The quantitative estimate of drug-likeness (QED) is 0.770. The van der Waals surface area contributed by atoms with E-state index < -0.39 is 12.0 Å². The van der Waals surface area contributed by atoms with Crippen molar-refractivity contribution in [3.8, 4) is 0 Å². The average molecular weight is 234 g/mol. The molecule has 0 saturated carbocycles. The Morgan fingerprint density at radius 3 is 2.64 bits per heavy atom. The number of carboxylic acid groups (broad SMARTS) is 1. The molecule has 1 rings (SSSR count). The van der Waals surface area contributed by atoms with Gasteiger partial charge in [0.05, 0.1) is 9.21 Å². The molecule has 14 heavy (non-hydrogen) atoms. The minimum atomic E-state index is -1.18. The van der Waals surface area contributed by atoms with Crippen LogP contribution in [0.1, 0.15) is 16.1 Å². The highest BCUT2D eigenvalue weighted by Gasteiger charge is 2.18. The van der Waals surface area contributed by atoms with Crippen molar-refractivity contribution >= 4 is 34.7 Å². The van der Waals surface area contributed by atoms with Crippen molar-refractivity contribution in [1.29, 1.82) is 0 Å². The van der Waals surface area contributed by atoms with Crippen LogP contribution in [0, 0.1) is 0 Å². The Kier molecular flexibility index (Phi) is 3.62. The highest BCUT2D eigenvalue weighted by molar-refractivity contribution is 7.18. The molecule has 0 radical (unpaired) electrons. The lowest BCUT2D eigenvalue weighted by Crippen LogP contribution is -2.32. The van der Waals surface area contributed by atoms with Crippen LogP contribution in [0.2, 0.25) is 4.34 Å². The van der Waals surface area contributed by atoms with Crippen LogP contribution in [-0.4, -0.2) is 22.9 Å². The van der Waals surface area contributed by atoms with Gasteiger partial charge in [0, 0.05) is 6.42 Å². The number of carboxylic acids is 1. The van der Waals surface area contributed by atoms with Gasteiger partial charge in [-0.15, -0.1) is 11.3 Å². The zero-order valence-electron chi connectivity index (χ0n) is 7.07. The van der Waals surface area contributed by atoms with Crippen molar-refractivity contribution in [2.75, 3.05) is 0 Å². The SMILES string of the molecule is N[C@@H](CC(=O)c1ccc(Cl)s1)C(=O)O. The maximum Gasteiger partial charge on any atom is 0.320 e.